The van der Waals surface area contributed by atoms with E-state index in [9.17, 15) is 4.79 Å². The molecule has 0 aromatic carbocycles. The third kappa shape index (κ3) is 4.52. The lowest BCUT2D eigenvalue weighted by atomic mass is 10.2. The van der Waals surface area contributed by atoms with E-state index in [1.165, 1.54) is 7.11 Å². The number of esters is 1. The highest BCUT2D eigenvalue weighted by Crippen LogP contribution is 2.22. The van der Waals surface area contributed by atoms with Crippen LogP contribution in [0.25, 0.3) is 0 Å². The lowest BCUT2D eigenvalue weighted by molar-refractivity contribution is -0.145. The van der Waals surface area contributed by atoms with Crippen LogP contribution >= 0.6 is 0 Å². The van der Waals surface area contributed by atoms with Crippen LogP contribution in [0.5, 0.6) is 0 Å². The molecule has 1 aliphatic heterocycles. The number of nitrogens with zero attached hydrogens (tertiary/aromatic N) is 1. The molecule has 1 atom stereocenters. The van der Waals surface area contributed by atoms with Crippen LogP contribution in [0, 0.1) is 0 Å². The van der Waals surface area contributed by atoms with Gasteiger partial charge in [-0.3, -0.25) is 9.69 Å². The van der Waals surface area contributed by atoms with E-state index >= 15 is 0 Å². The summed E-state index contributed by atoms with van der Waals surface area (Å²) in [6.07, 6.45) is 2.35. The molecule has 1 aliphatic rings. The summed E-state index contributed by atoms with van der Waals surface area (Å²) in [5.74, 6) is -0.185. The number of hydrogen-bond acceptors (Lipinski definition) is 6. The third-order valence-corrected chi connectivity index (χ3v) is 6.31. The lowest BCUT2D eigenvalue weighted by Crippen LogP contribution is -2.57. The number of hydrogen-bond donors (Lipinski definition) is 0. The molecule has 0 radical (unpaired) electrons. The Hall–Kier alpha value is -0.473. The molecule has 1 heterocycles. The van der Waals surface area contributed by atoms with Gasteiger partial charge < -0.3 is 18.0 Å². The number of likely N-dealkylation sites (tertiary alicyclic amines) is 1. The first-order valence-electron chi connectivity index (χ1n) is 7.36. The Bertz CT molecular complexity index is 285. The molecule has 0 aromatic heterocycles. The highest BCUT2D eigenvalue weighted by atomic mass is 28.4. The van der Waals surface area contributed by atoms with Crippen molar-refractivity contribution in [3.63, 3.8) is 0 Å². The van der Waals surface area contributed by atoms with Crippen LogP contribution in [0.2, 0.25) is 0 Å². The van der Waals surface area contributed by atoms with Gasteiger partial charge in [0.2, 0.25) is 0 Å². The minimum absolute atomic E-state index is 0.185. The average Bonchev–Trinajstić information content (AvgIpc) is 2.86. The molecule has 1 saturated heterocycles. The second kappa shape index (κ2) is 8.73. The summed E-state index contributed by atoms with van der Waals surface area (Å²) in [6, 6.07) is -0.201. The van der Waals surface area contributed by atoms with Crippen molar-refractivity contribution in [3.05, 3.63) is 0 Å². The molecule has 0 bridgehead atoms. The van der Waals surface area contributed by atoms with E-state index < -0.39 is 8.80 Å². The minimum atomic E-state index is -2.74. The lowest BCUT2D eigenvalue weighted by Gasteiger charge is -2.33. The van der Waals surface area contributed by atoms with Crippen molar-refractivity contribution in [3.8, 4) is 0 Å². The summed E-state index contributed by atoms with van der Waals surface area (Å²) in [6.45, 7) is 8.28. The van der Waals surface area contributed by atoms with Crippen LogP contribution in [0.3, 0.4) is 0 Å². The van der Waals surface area contributed by atoms with Gasteiger partial charge in [0.25, 0.3) is 0 Å². The number of carbonyl (C=O) groups excluding carboxylic acids is 1. The van der Waals surface area contributed by atoms with E-state index in [0.717, 1.165) is 19.4 Å². The largest absolute Gasteiger partial charge is 0.515 e. The summed E-state index contributed by atoms with van der Waals surface area (Å²) in [5.41, 5.74) is 0. The Balaban J connectivity index is 2.78. The Morgan fingerprint density at radius 1 is 1.15 bits per heavy atom. The van der Waals surface area contributed by atoms with Crippen LogP contribution in [-0.2, 0) is 22.8 Å². The molecule has 20 heavy (non-hydrogen) atoms. The zero-order chi connectivity index (χ0) is 15.0. The second-order valence-corrected chi connectivity index (χ2v) is 7.18. The topological polar surface area (TPSA) is 57.2 Å². The molecule has 0 aromatic rings. The van der Waals surface area contributed by atoms with Crippen molar-refractivity contribution in [2.24, 2.45) is 0 Å². The van der Waals surface area contributed by atoms with Gasteiger partial charge >= 0.3 is 14.8 Å². The second-order valence-electron chi connectivity index (χ2n) is 4.63. The quantitative estimate of drug-likeness (QED) is 0.471. The van der Waals surface area contributed by atoms with E-state index in [2.05, 4.69) is 4.90 Å². The maximum Gasteiger partial charge on any atom is 0.515 e. The van der Waals surface area contributed by atoms with Gasteiger partial charge in [0, 0.05) is 19.8 Å². The first kappa shape index (κ1) is 17.6. The van der Waals surface area contributed by atoms with Gasteiger partial charge in [-0.25, -0.2) is 0 Å². The maximum absolute atomic E-state index is 11.8. The summed E-state index contributed by atoms with van der Waals surface area (Å²) >= 11 is 0. The Kier molecular flexibility index (Phi) is 7.68. The SMILES string of the molecule is CCO[Si](CN1CCCC1C(=O)OC)(OCC)OCC. The molecule has 118 valence electrons. The summed E-state index contributed by atoms with van der Waals surface area (Å²) in [5, 5.41) is 0. The smallest absolute Gasteiger partial charge is 0.468 e. The Labute approximate surface area is 122 Å². The molecule has 1 rings (SSSR count). The predicted octanol–water partition coefficient (Wildman–Crippen LogP) is 1.21. The van der Waals surface area contributed by atoms with Crippen LogP contribution < -0.4 is 0 Å². The highest BCUT2D eigenvalue weighted by Gasteiger charge is 2.46. The van der Waals surface area contributed by atoms with Gasteiger partial charge in [0.05, 0.1) is 13.3 Å². The molecule has 0 aliphatic carbocycles. The summed E-state index contributed by atoms with van der Waals surface area (Å²) in [7, 11) is -1.32. The van der Waals surface area contributed by atoms with Crippen molar-refractivity contribution in [1.29, 1.82) is 0 Å². The van der Waals surface area contributed by atoms with Crippen molar-refractivity contribution < 1.29 is 22.8 Å². The van der Waals surface area contributed by atoms with E-state index in [1.807, 2.05) is 20.8 Å². The number of methoxy groups -OCH3 is 1. The molecular weight excluding hydrogens is 278 g/mol. The molecule has 0 N–H and O–H groups in total. The number of carbonyl (C=O) groups is 1. The number of rotatable bonds is 9. The third-order valence-electron chi connectivity index (χ3n) is 3.33. The van der Waals surface area contributed by atoms with E-state index in [-0.39, 0.29) is 12.0 Å². The van der Waals surface area contributed by atoms with Crippen molar-refractivity contribution >= 4 is 14.8 Å². The molecule has 1 fully saturated rings. The van der Waals surface area contributed by atoms with E-state index in [1.54, 1.807) is 0 Å². The predicted molar refractivity (Wildman–Crippen MR) is 77.2 cm³/mol. The molecule has 0 spiro atoms. The molecule has 6 nitrogen and oxygen atoms in total. The fourth-order valence-electron chi connectivity index (χ4n) is 2.59. The van der Waals surface area contributed by atoms with Gasteiger partial charge in [-0.2, -0.15) is 0 Å². The molecule has 0 amide bonds. The van der Waals surface area contributed by atoms with Gasteiger partial charge in [0.15, 0.2) is 0 Å². The van der Waals surface area contributed by atoms with Gasteiger partial charge in [-0.05, 0) is 40.2 Å². The van der Waals surface area contributed by atoms with Gasteiger partial charge in [-0.1, -0.05) is 0 Å². The van der Waals surface area contributed by atoms with Crippen LogP contribution in [-0.4, -0.2) is 65.4 Å². The number of ether oxygens (including phenoxy) is 1. The standard InChI is InChI=1S/C13H27NO5Si/c1-5-17-20(18-6-2,19-7-3)11-14-10-8-9-12(14)13(15)16-4/h12H,5-11H2,1-4H3. The summed E-state index contributed by atoms with van der Waals surface area (Å²) < 4.78 is 22.4. The molecule has 0 saturated carbocycles. The Morgan fingerprint density at radius 3 is 2.15 bits per heavy atom. The zero-order valence-electron chi connectivity index (χ0n) is 13.0. The van der Waals surface area contributed by atoms with Gasteiger partial charge in [-0.15, -0.1) is 0 Å². The fraction of sp³-hybridized carbons (Fsp3) is 0.923. The first-order valence-corrected chi connectivity index (χ1v) is 9.29. The van der Waals surface area contributed by atoms with Crippen molar-refractivity contribution in [1.82, 2.24) is 4.90 Å². The maximum atomic E-state index is 11.8. The van der Waals surface area contributed by atoms with Gasteiger partial charge in [0.1, 0.15) is 6.04 Å². The van der Waals surface area contributed by atoms with Crippen LogP contribution in [0.15, 0.2) is 0 Å². The molecule has 7 heteroatoms. The zero-order valence-corrected chi connectivity index (χ0v) is 14.0. The van der Waals surface area contributed by atoms with E-state index in [4.69, 9.17) is 18.0 Å². The van der Waals surface area contributed by atoms with Crippen LogP contribution in [0.4, 0.5) is 0 Å². The normalized spacial score (nSPS) is 20.3. The van der Waals surface area contributed by atoms with Crippen LogP contribution in [0.1, 0.15) is 33.6 Å². The molecular formula is C13H27NO5Si. The Morgan fingerprint density at radius 2 is 1.70 bits per heavy atom. The minimum Gasteiger partial charge on any atom is -0.468 e. The average molecular weight is 305 g/mol. The van der Waals surface area contributed by atoms with E-state index in [0.29, 0.717) is 26.0 Å². The van der Waals surface area contributed by atoms with Crippen molar-refractivity contribution in [2.45, 2.75) is 39.7 Å². The highest BCUT2D eigenvalue weighted by molar-refractivity contribution is 6.61. The monoisotopic (exact) mass is 305 g/mol. The first-order chi connectivity index (χ1) is 9.62. The van der Waals surface area contributed by atoms with Crippen molar-refractivity contribution in [2.75, 3.05) is 39.6 Å². The molecule has 1 unspecified atom stereocenters. The summed E-state index contributed by atoms with van der Waals surface area (Å²) in [4.78, 5) is 13.9. The fourth-order valence-corrected chi connectivity index (χ4v) is 5.31.